The number of rotatable bonds is 4. The van der Waals surface area contributed by atoms with Crippen LogP contribution in [0.5, 0.6) is 0 Å². The van der Waals surface area contributed by atoms with Gasteiger partial charge in [0.1, 0.15) is 17.0 Å². The second kappa shape index (κ2) is 7.28. The van der Waals surface area contributed by atoms with Gasteiger partial charge in [0.15, 0.2) is 0 Å². The van der Waals surface area contributed by atoms with E-state index in [0.29, 0.717) is 29.2 Å². The highest BCUT2D eigenvalue weighted by molar-refractivity contribution is 8.19. The fourth-order valence-electron chi connectivity index (χ4n) is 3.04. The van der Waals surface area contributed by atoms with Gasteiger partial charge in [0.25, 0.3) is 10.5 Å². The number of benzene rings is 2. The molecule has 2 fully saturated rings. The van der Waals surface area contributed by atoms with E-state index in [1.165, 1.54) is 0 Å². The van der Waals surface area contributed by atoms with Crippen LogP contribution in [-0.2, 0) is 14.4 Å². The normalized spacial score (nSPS) is 22.1. The van der Waals surface area contributed by atoms with E-state index in [0.717, 1.165) is 15.7 Å². The van der Waals surface area contributed by atoms with Crippen LogP contribution in [0, 0.1) is 0 Å². The minimum atomic E-state index is -1.02. The number of nitrogens with one attached hydrogen (secondary N) is 2. The van der Waals surface area contributed by atoms with Crippen LogP contribution in [0.25, 0.3) is 10.8 Å². The third kappa shape index (κ3) is 3.36. The molecule has 2 saturated heterocycles. The van der Waals surface area contributed by atoms with Gasteiger partial charge in [0.2, 0.25) is 17.7 Å². The molecule has 8 nitrogen and oxygen atoms in total. The van der Waals surface area contributed by atoms with Crippen LogP contribution in [0.1, 0.15) is 0 Å². The number of imide groups is 2. The standard InChI is InChI=1S/C18H13N3O5S2/c22-12(19-11-7-3-5-9-4-1-2-6-10(9)11)8-21-16(24)14(28-18(21)26)13-15(23)20-17(25)27-13/h1-7,13-14H,8H2,(H,19,22)(H,20,23,25)/t13-,14-/m1/s1. The maximum atomic E-state index is 12.6. The van der Waals surface area contributed by atoms with E-state index < -0.39 is 45.2 Å². The zero-order chi connectivity index (χ0) is 19.8. The summed E-state index contributed by atoms with van der Waals surface area (Å²) < 4.78 is 0. The maximum absolute atomic E-state index is 12.6. The SMILES string of the molecule is O=C(CN1C(=O)S[C@H]([C@H]2SC(=O)NC2=O)C1=O)Nc1cccc2ccccc12. The molecule has 0 aliphatic carbocycles. The first kappa shape index (κ1) is 18.5. The Kier molecular flexibility index (Phi) is 4.82. The van der Waals surface area contributed by atoms with E-state index in [4.69, 9.17) is 0 Å². The van der Waals surface area contributed by atoms with Gasteiger partial charge < -0.3 is 5.32 Å². The highest BCUT2D eigenvalue weighted by Gasteiger charge is 2.50. The summed E-state index contributed by atoms with van der Waals surface area (Å²) in [6, 6.07) is 12.9. The van der Waals surface area contributed by atoms with E-state index >= 15 is 0 Å². The summed E-state index contributed by atoms with van der Waals surface area (Å²) in [7, 11) is 0. The van der Waals surface area contributed by atoms with Gasteiger partial charge in [-0.1, -0.05) is 36.4 Å². The molecule has 2 aromatic carbocycles. The van der Waals surface area contributed by atoms with E-state index in [-0.39, 0.29) is 0 Å². The number of thioether (sulfide) groups is 2. The average molecular weight is 415 g/mol. The Morgan fingerprint density at radius 3 is 2.50 bits per heavy atom. The Balaban J connectivity index is 1.47. The predicted octanol–water partition coefficient (Wildman–Crippen LogP) is 2.19. The van der Waals surface area contributed by atoms with Crippen molar-refractivity contribution in [2.75, 3.05) is 11.9 Å². The summed E-state index contributed by atoms with van der Waals surface area (Å²) in [6.07, 6.45) is 0. The van der Waals surface area contributed by atoms with E-state index in [1.807, 2.05) is 30.3 Å². The van der Waals surface area contributed by atoms with Crippen LogP contribution in [0.15, 0.2) is 42.5 Å². The summed E-state index contributed by atoms with van der Waals surface area (Å²) >= 11 is 1.34. The average Bonchev–Trinajstić information content (AvgIpc) is 3.14. The summed E-state index contributed by atoms with van der Waals surface area (Å²) in [4.78, 5) is 61.1. The molecule has 0 radical (unpaired) electrons. The second-order valence-electron chi connectivity index (χ2n) is 6.12. The highest BCUT2D eigenvalue weighted by Crippen LogP contribution is 2.36. The largest absolute Gasteiger partial charge is 0.324 e. The Bertz CT molecular complexity index is 1040. The molecule has 5 amide bonds. The lowest BCUT2D eigenvalue weighted by Gasteiger charge is -2.15. The molecule has 2 N–H and O–H groups in total. The zero-order valence-electron chi connectivity index (χ0n) is 14.2. The van der Waals surface area contributed by atoms with Gasteiger partial charge in [-0.05, 0) is 35.0 Å². The molecule has 0 spiro atoms. The number of nitrogens with zero attached hydrogens (tertiary/aromatic N) is 1. The Morgan fingerprint density at radius 1 is 1.00 bits per heavy atom. The van der Waals surface area contributed by atoms with Crippen molar-refractivity contribution >= 4 is 68.2 Å². The van der Waals surface area contributed by atoms with Crippen molar-refractivity contribution < 1.29 is 24.0 Å². The van der Waals surface area contributed by atoms with Crippen LogP contribution in [0.2, 0.25) is 0 Å². The van der Waals surface area contributed by atoms with E-state index in [2.05, 4.69) is 10.6 Å². The molecular formula is C18H13N3O5S2. The molecule has 2 aliphatic rings. The molecule has 4 rings (SSSR count). The Labute approximate surface area is 167 Å². The molecule has 142 valence electrons. The van der Waals surface area contributed by atoms with Gasteiger partial charge in [-0.15, -0.1) is 0 Å². The Hall–Kier alpha value is -2.85. The minimum Gasteiger partial charge on any atom is -0.324 e. The van der Waals surface area contributed by atoms with Gasteiger partial charge >= 0.3 is 0 Å². The molecule has 28 heavy (non-hydrogen) atoms. The van der Waals surface area contributed by atoms with Crippen molar-refractivity contribution in [3.63, 3.8) is 0 Å². The van der Waals surface area contributed by atoms with Crippen LogP contribution >= 0.6 is 23.5 Å². The first-order chi connectivity index (χ1) is 13.4. The number of anilines is 1. The van der Waals surface area contributed by atoms with Crippen LogP contribution in [-0.4, -0.2) is 50.1 Å². The lowest BCUT2D eigenvalue weighted by Crippen LogP contribution is -2.42. The number of hydrogen-bond acceptors (Lipinski definition) is 7. The number of carbonyl (C=O) groups is 5. The molecule has 2 aliphatic heterocycles. The fourth-order valence-corrected chi connectivity index (χ4v) is 5.14. The van der Waals surface area contributed by atoms with Gasteiger partial charge in [-0.3, -0.25) is 34.2 Å². The topological polar surface area (TPSA) is 113 Å². The third-order valence-corrected chi connectivity index (χ3v) is 6.69. The lowest BCUT2D eigenvalue weighted by molar-refractivity contribution is -0.131. The summed E-state index contributed by atoms with van der Waals surface area (Å²) in [5, 5.41) is 3.43. The molecule has 0 bridgehead atoms. The summed E-state index contributed by atoms with van der Waals surface area (Å²) in [5.41, 5.74) is 0.572. The molecular weight excluding hydrogens is 402 g/mol. The smallest absolute Gasteiger partial charge is 0.289 e. The van der Waals surface area contributed by atoms with Crippen LogP contribution in [0.4, 0.5) is 15.3 Å². The van der Waals surface area contributed by atoms with Crippen molar-refractivity contribution in [1.82, 2.24) is 10.2 Å². The molecule has 0 aromatic heterocycles. The first-order valence-electron chi connectivity index (χ1n) is 8.25. The molecule has 0 saturated carbocycles. The van der Waals surface area contributed by atoms with Gasteiger partial charge in [0, 0.05) is 11.1 Å². The number of fused-ring (bicyclic) bond motifs is 1. The Morgan fingerprint density at radius 2 is 1.75 bits per heavy atom. The monoisotopic (exact) mass is 415 g/mol. The van der Waals surface area contributed by atoms with Crippen molar-refractivity contribution in [3.05, 3.63) is 42.5 Å². The quantitative estimate of drug-likeness (QED) is 0.787. The highest BCUT2D eigenvalue weighted by atomic mass is 32.2. The molecule has 2 aromatic rings. The summed E-state index contributed by atoms with van der Waals surface area (Å²) in [6.45, 7) is -0.461. The predicted molar refractivity (Wildman–Crippen MR) is 106 cm³/mol. The van der Waals surface area contributed by atoms with Crippen molar-refractivity contribution in [2.24, 2.45) is 0 Å². The van der Waals surface area contributed by atoms with Crippen LogP contribution in [0.3, 0.4) is 0 Å². The van der Waals surface area contributed by atoms with Gasteiger partial charge in [-0.2, -0.15) is 0 Å². The maximum Gasteiger partial charge on any atom is 0.289 e. The zero-order valence-corrected chi connectivity index (χ0v) is 15.8. The fraction of sp³-hybridized carbons (Fsp3) is 0.167. The summed E-state index contributed by atoms with van der Waals surface area (Å²) in [5.74, 6) is -1.78. The van der Waals surface area contributed by atoms with Crippen molar-refractivity contribution in [3.8, 4) is 0 Å². The van der Waals surface area contributed by atoms with E-state index in [9.17, 15) is 24.0 Å². The number of carbonyl (C=O) groups excluding carboxylic acids is 5. The lowest BCUT2D eigenvalue weighted by atomic mass is 10.1. The molecule has 2 heterocycles. The molecule has 10 heteroatoms. The van der Waals surface area contributed by atoms with Crippen molar-refractivity contribution in [2.45, 2.75) is 10.5 Å². The van der Waals surface area contributed by atoms with Crippen LogP contribution < -0.4 is 10.6 Å². The van der Waals surface area contributed by atoms with Gasteiger partial charge in [-0.25, -0.2) is 0 Å². The number of amides is 5. The minimum absolute atomic E-state index is 0.461. The van der Waals surface area contributed by atoms with Crippen molar-refractivity contribution in [1.29, 1.82) is 0 Å². The molecule has 0 unspecified atom stereocenters. The molecule has 2 atom stereocenters. The first-order valence-corrected chi connectivity index (χ1v) is 10.0. The number of hydrogen-bond donors (Lipinski definition) is 2. The second-order valence-corrected chi connectivity index (χ2v) is 8.33. The van der Waals surface area contributed by atoms with Gasteiger partial charge in [0.05, 0.1) is 0 Å². The third-order valence-electron chi connectivity index (χ3n) is 4.32. The van der Waals surface area contributed by atoms with E-state index in [1.54, 1.807) is 12.1 Å².